The minimum absolute atomic E-state index is 0.502. The zero-order valence-corrected chi connectivity index (χ0v) is 13.2. The molecule has 1 aromatic carbocycles. The molecule has 2 N–H and O–H groups in total. The molecular weight excluding hydrogens is 300 g/mol. The fourth-order valence-electron chi connectivity index (χ4n) is 2.61. The lowest BCUT2D eigenvalue weighted by molar-refractivity contribution is -0.137. The summed E-state index contributed by atoms with van der Waals surface area (Å²) < 4.78 is 5.16. The lowest BCUT2D eigenvalue weighted by atomic mass is 10.0. The van der Waals surface area contributed by atoms with Crippen LogP contribution in [0.25, 0.3) is 0 Å². The van der Waals surface area contributed by atoms with Crippen molar-refractivity contribution in [1.82, 2.24) is 0 Å². The molecule has 6 heteroatoms. The van der Waals surface area contributed by atoms with Crippen molar-refractivity contribution in [3.63, 3.8) is 0 Å². The highest BCUT2D eigenvalue weighted by Crippen LogP contribution is 2.36. The summed E-state index contributed by atoms with van der Waals surface area (Å²) >= 11 is 1.60. The number of carboxylic acid groups (broad SMARTS) is 1. The Bertz CT molecular complexity index is 637. The molecule has 3 rings (SSSR count). The van der Waals surface area contributed by atoms with Crippen LogP contribution in [0.5, 0.6) is 5.75 Å². The third kappa shape index (κ3) is 3.11. The Hall–Kier alpha value is -1.95. The van der Waals surface area contributed by atoms with Crippen molar-refractivity contribution in [2.45, 2.75) is 25.3 Å². The van der Waals surface area contributed by atoms with Gasteiger partial charge in [0.2, 0.25) is 0 Å². The largest absolute Gasteiger partial charge is 0.497 e. The van der Waals surface area contributed by atoms with Crippen molar-refractivity contribution in [1.29, 1.82) is 0 Å². The summed E-state index contributed by atoms with van der Waals surface area (Å²) in [6, 6.07) is 7.18. The van der Waals surface area contributed by atoms with Crippen LogP contribution in [0.15, 0.2) is 39.9 Å². The standard InChI is InChI=1S/C16H18N2O3S/c1-21-11-7-5-10(6-8-11)17-12-3-2-4-13-15(12)22-9-14(18-13)16(19)20/h5-8,14,17H,2-4,9H2,1H3,(H,19,20). The number of fused-ring (bicyclic) bond motifs is 1. The molecule has 1 aliphatic heterocycles. The van der Waals surface area contributed by atoms with Gasteiger partial charge in [-0.15, -0.1) is 11.8 Å². The lowest BCUT2D eigenvalue weighted by Gasteiger charge is -2.27. The number of nitrogens with one attached hydrogen (secondary N) is 1. The van der Waals surface area contributed by atoms with E-state index in [1.54, 1.807) is 18.9 Å². The number of carbonyl (C=O) groups is 1. The molecule has 0 saturated heterocycles. The highest BCUT2D eigenvalue weighted by molar-refractivity contribution is 8.04. The van der Waals surface area contributed by atoms with Crippen LogP contribution in [-0.4, -0.2) is 35.7 Å². The molecule has 0 radical (unpaired) electrons. The van der Waals surface area contributed by atoms with E-state index in [1.165, 1.54) is 0 Å². The van der Waals surface area contributed by atoms with Gasteiger partial charge in [0, 0.05) is 22.0 Å². The number of ether oxygens (including phenoxy) is 1. The summed E-state index contributed by atoms with van der Waals surface area (Å²) in [6.07, 6.45) is 2.82. The van der Waals surface area contributed by atoms with Gasteiger partial charge in [0.05, 0.1) is 12.8 Å². The topological polar surface area (TPSA) is 70.9 Å². The van der Waals surface area contributed by atoms with Crippen LogP contribution in [0.1, 0.15) is 19.3 Å². The molecule has 5 nitrogen and oxygen atoms in total. The van der Waals surface area contributed by atoms with E-state index in [-0.39, 0.29) is 0 Å². The van der Waals surface area contributed by atoms with E-state index < -0.39 is 12.0 Å². The van der Waals surface area contributed by atoms with Crippen molar-refractivity contribution < 1.29 is 14.6 Å². The number of methoxy groups -OCH3 is 1. The van der Waals surface area contributed by atoms with E-state index in [2.05, 4.69) is 10.3 Å². The fraction of sp³-hybridized carbons (Fsp3) is 0.375. The van der Waals surface area contributed by atoms with Crippen LogP contribution in [-0.2, 0) is 4.79 Å². The first-order chi connectivity index (χ1) is 10.7. The summed E-state index contributed by atoms with van der Waals surface area (Å²) in [5.41, 5.74) is 3.08. The summed E-state index contributed by atoms with van der Waals surface area (Å²) in [4.78, 5) is 16.6. The molecule has 116 valence electrons. The van der Waals surface area contributed by atoms with E-state index in [0.717, 1.165) is 47.0 Å². The fourth-order valence-corrected chi connectivity index (χ4v) is 3.80. The van der Waals surface area contributed by atoms with Crippen molar-refractivity contribution in [2.75, 3.05) is 18.2 Å². The SMILES string of the molecule is COc1ccc(NC2=C3SCC(C(=O)O)N=C3CCC2)cc1. The molecule has 1 aliphatic carbocycles. The highest BCUT2D eigenvalue weighted by Gasteiger charge is 2.29. The van der Waals surface area contributed by atoms with E-state index in [1.807, 2.05) is 24.3 Å². The highest BCUT2D eigenvalue weighted by atomic mass is 32.2. The van der Waals surface area contributed by atoms with Crippen LogP contribution in [0.3, 0.4) is 0 Å². The number of nitrogens with zero attached hydrogens (tertiary/aromatic N) is 1. The van der Waals surface area contributed by atoms with Crippen molar-refractivity contribution in [3.05, 3.63) is 34.9 Å². The Kier molecular flexibility index (Phi) is 4.38. The van der Waals surface area contributed by atoms with Gasteiger partial charge in [-0.25, -0.2) is 4.79 Å². The Balaban J connectivity index is 1.83. The molecule has 1 atom stereocenters. The number of hydrogen-bond donors (Lipinski definition) is 2. The minimum atomic E-state index is -0.839. The number of carboxylic acids is 1. The Morgan fingerprint density at radius 2 is 2.14 bits per heavy atom. The number of thioether (sulfide) groups is 1. The molecular formula is C16H18N2O3S. The van der Waals surface area contributed by atoms with Crippen LogP contribution < -0.4 is 10.1 Å². The molecule has 22 heavy (non-hydrogen) atoms. The smallest absolute Gasteiger partial charge is 0.329 e. The molecule has 0 bridgehead atoms. The van der Waals surface area contributed by atoms with Gasteiger partial charge >= 0.3 is 5.97 Å². The van der Waals surface area contributed by atoms with E-state index >= 15 is 0 Å². The quantitative estimate of drug-likeness (QED) is 0.892. The monoisotopic (exact) mass is 318 g/mol. The Labute approximate surface area is 133 Å². The van der Waals surface area contributed by atoms with Crippen LogP contribution in [0.4, 0.5) is 5.69 Å². The second-order valence-corrected chi connectivity index (χ2v) is 6.29. The minimum Gasteiger partial charge on any atom is -0.497 e. The van der Waals surface area contributed by atoms with Crippen LogP contribution >= 0.6 is 11.8 Å². The number of hydrogen-bond acceptors (Lipinski definition) is 5. The first-order valence-corrected chi connectivity index (χ1v) is 8.23. The normalized spacial score (nSPS) is 21.0. The second-order valence-electron chi connectivity index (χ2n) is 5.26. The Morgan fingerprint density at radius 1 is 1.36 bits per heavy atom. The number of anilines is 1. The summed E-state index contributed by atoms with van der Waals surface area (Å²) in [5.74, 6) is 0.488. The van der Waals surface area contributed by atoms with Gasteiger partial charge < -0.3 is 15.2 Å². The molecule has 0 fully saturated rings. The summed E-state index contributed by atoms with van der Waals surface area (Å²) in [6.45, 7) is 0. The average Bonchev–Trinajstić information content (AvgIpc) is 2.55. The zero-order chi connectivity index (χ0) is 15.5. The predicted octanol–water partition coefficient (Wildman–Crippen LogP) is 3.14. The maximum atomic E-state index is 11.1. The molecule has 1 unspecified atom stereocenters. The number of rotatable bonds is 4. The molecule has 0 aromatic heterocycles. The molecule has 0 spiro atoms. The number of benzene rings is 1. The van der Waals surface area contributed by atoms with Gasteiger partial charge in [-0.3, -0.25) is 4.99 Å². The summed E-state index contributed by atoms with van der Waals surface area (Å²) in [5, 5.41) is 12.6. The summed E-state index contributed by atoms with van der Waals surface area (Å²) in [7, 11) is 1.65. The van der Waals surface area contributed by atoms with Gasteiger partial charge in [-0.1, -0.05) is 0 Å². The van der Waals surface area contributed by atoms with E-state index in [0.29, 0.717) is 5.75 Å². The van der Waals surface area contributed by atoms with Gasteiger partial charge in [-0.2, -0.15) is 0 Å². The number of aliphatic imine (C=N–C) groups is 1. The molecule has 0 amide bonds. The van der Waals surface area contributed by atoms with Gasteiger partial charge in [0.1, 0.15) is 5.75 Å². The zero-order valence-electron chi connectivity index (χ0n) is 12.3. The number of aliphatic carboxylic acids is 1. The first-order valence-electron chi connectivity index (χ1n) is 7.24. The van der Waals surface area contributed by atoms with E-state index in [9.17, 15) is 4.79 Å². The van der Waals surface area contributed by atoms with E-state index in [4.69, 9.17) is 9.84 Å². The first kappa shape index (κ1) is 15.0. The average molecular weight is 318 g/mol. The second kappa shape index (κ2) is 6.44. The predicted molar refractivity (Wildman–Crippen MR) is 88.8 cm³/mol. The van der Waals surface area contributed by atoms with Crippen LogP contribution in [0, 0.1) is 0 Å². The maximum Gasteiger partial charge on any atom is 0.329 e. The van der Waals surface area contributed by atoms with Crippen molar-refractivity contribution in [3.8, 4) is 5.75 Å². The van der Waals surface area contributed by atoms with Gasteiger partial charge in [0.15, 0.2) is 6.04 Å². The van der Waals surface area contributed by atoms with Crippen molar-refractivity contribution >= 4 is 29.1 Å². The maximum absolute atomic E-state index is 11.1. The lowest BCUT2D eigenvalue weighted by Crippen LogP contribution is -2.29. The molecule has 0 saturated carbocycles. The van der Waals surface area contributed by atoms with Gasteiger partial charge in [-0.05, 0) is 43.5 Å². The Morgan fingerprint density at radius 3 is 2.82 bits per heavy atom. The van der Waals surface area contributed by atoms with Gasteiger partial charge in [0.25, 0.3) is 0 Å². The molecule has 2 aliphatic rings. The molecule has 1 heterocycles. The van der Waals surface area contributed by atoms with Crippen molar-refractivity contribution in [2.24, 2.45) is 4.99 Å². The molecule has 1 aromatic rings. The van der Waals surface area contributed by atoms with Crippen LogP contribution in [0.2, 0.25) is 0 Å². The third-order valence-electron chi connectivity index (χ3n) is 3.74. The third-order valence-corrected chi connectivity index (χ3v) is 5.00. The number of allylic oxidation sites excluding steroid dienone is 2.